The van der Waals surface area contributed by atoms with Gasteiger partial charge < -0.3 is 4.90 Å². The number of hydrogen-bond acceptors (Lipinski definition) is 4. The number of benzene rings is 1. The van der Waals surface area contributed by atoms with Crippen LogP contribution in [0.1, 0.15) is 11.3 Å². The SMILES string of the molecule is O=C(Cc1ccccn1)N1CCc2cc(Br)cc([N+](=O)[O-])c21. The van der Waals surface area contributed by atoms with Crippen LogP contribution in [0.4, 0.5) is 11.4 Å². The van der Waals surface area contributed by atoms with Gasteiger partial charge in [0.05, 0.1) is 11.3 Å². The summed E-state index contributed by atoms with van der Waals surface area (Å²) in [5, 5.41) is 11.3. The molecule has 0 spiro atoms. The zero-order valence-corrected chi connectivity index (χ0v) is 13.1. The van der Waals surface area contributed by atoms with Gasteiger partial charge in [0.15, 0.2) is 0 Å². The van der Waals surface area contributed by atoms with E-state index in [-0.39, 0.29) is 18.0 Å². The van der Waals surface area contributed by atoms with Crippen molar-refractivity contribution >= 4 is 33.2 Å². The highest BCUT2D eigenvalue weighted by atomic mass is 79.9. The summed E-state index contributed by atoms with van der Waals surface area (Å²) in [5.41, 5.74) is 1.83. The molecule has 0 unspecified atom stereocenters. The van der Waals surface area contributed by atoms with Crippen molar-refractivity contribution in [3.05, 3.63) is 62.4 Å². The number of pyridine rings is 1. The van der Waals surface area contributed by atoms with Gasteiger partial charge in [-0.05, 0) is 30.2 Å². The summed E-state index contributed by atoms with van der Waals surface area (Å²) in [5.74, 6) is -0.178. The Bertz CT molecular complexity index is 749. The third-order valence-corrected chi connectivity index (χ3v) is 4.02. The van der Waals surface area contributed by atoms with Gasteiger partial charge in [0.1, 0.15) is 5.69 Å². The number of halogens is 1. The third-order valence-electron chi connectivity index (χ3n) is 3.56. The van der Waals surface area contributed by atoms with Crippen molar-refractivity contribution in [2.45, 2.75) is 12.8 Å². The Morgan fingerprint density at radius 2 is 2.23 bits per heavy atom. The molecule has 7 heteroatoms. The fraction of sp³-hybridized carbons (Fsp3) is 0.200. The first-order valence-electron chi connectivity index (χ1n) is 6.73. The van der Waals surface area contributed by atoms with Crippen molar-refractivity contribution < 1.29 is 9.72 Å². The van der Waals surface area contributed by atoms with Crippen molar-refractivity contribution in [3.63, 3.8) is 0 Å². The fourth-order valence-corrected chi connectivity index (χ4v) is 3.12. The van der Waals surface area contributed by atoms with Crippen LogP contribution in [0.2, 0.25) is 0 Å². The number of nitro groups is 1. The zero-order valence-electron chi connectivity index (χ0n) is 11.5. The van der Waals surface area contributed by atoms with Crippen LogP contribution < -0.4 is 4.90 Å². The number of carbonyl (C=O) groups is 1. The van der Waals surface area contributed by atoms with Gasteiger partial charge in [-0.25, -0.2) is 0 Å². The Hall–Kier alpha value is -2.28. The Kier molecular flexibility index (Phi) is 3.89. The van der Waals surface area contributed by atoms with Gasteiger partial charge in [0.25, 0.3) is 5.69 Å². The first-order valence-corrected chi connectivity index (χ1v) is 7.52. The molecule has 0 aliphatic carbocycles. The summed E-state index contributed by atoms with van der Waals surface area (Å²) in [4.78, 5) is 28.9. The third kappa shape index (κ3) is 2.71. The molecule has 1 amide bonds. The van der Waals surface area contributed by atoms with Crippen LogP contribution in [-0.4, -0.2) is 22.4 Å². The van der Waals surface area contributed by atoms with Gasteiger partial charge in [-0.15, -0.1) is 0 Å². The highest BCUT2D eigenvalue weighted by Crippen LogP contribution is 2.39. The fourth-order valence-electron chi connectivity index (χ4n) is 2.63. The van der Waals surface area contributed by atoms with Gasteiger partial charge in [-0.3, -0.25) is 19.9 Å². The number of rotatable bonds is 3. The van der Waals surface area contributed by atoms with Crippen LogP contribution in [0.3, 0.4) is 0 Å². The standard InChI is InChI=1S/C15H12BrN3O3/c16-11-7-10-4-6-18(15(10)13(8-11)19(21)22)14(20)9-12-3-1-2-5-17-12/h1-3,5,7-8H,4,6,9H2. The molecular formula is C15H12BrN3O3. The molecule has 0 saturated carbocycles. The summed E-state index contributed by atoms with van der Waals surface area (Å²) in [7, 11) is 0. The van der Waals surface area contributed by atoms with E-state index < -0.39 is 4.92 Å². The second-order valence-electron chi connectivity index (χ2n) is 4.98. The molecule has 1 aliphatic rings. The number of aromatic nitrogens is 1. The van der Waals surface area contributed by atoms with Gasteiger partial charge in [-0.1, -0.05) is 22.0 Å². The topological polar surface area (TPSA) is 76.3 Å². The van der Waals surface area contributed by atoms with E-state index in [0.29, 0.717) is 28.8 Å². The van der Waals surface area contributed by atoms with Gasteiger partial charge >= 0.3 is 0 Å². The zero-order chi connectivity index (χ0) is 15.7. The molecule has 3 rings (SSSR count). The highest BCUT2D eigenvalue weighted by Gasteiger charge is 2.32. The highest BCUT2D eigenvalue weighted by molar-refractivity contribution is 9.10. The number of anilines is 1. The number of nitrogens with zero attached hydrogens (tertiary/aromatic N) is 3. The largest absolute Gasteiger partial charge is 0.306 e. The van der Waals surface area contributed by atoms with E-state index in [2.05, 4.69) is 20.9 Å². The van der Waals surface area contributed by atoms with Crippen molar-refractivity contribution in [2.75, 3.05) is 11.4 Å². The molecule has 0 saturated heterocycles. The number of fused-ring (bicyclic) bond motifs is 1. The van der Waals surface area contributed by atoms with E-state index in [1.165, 1.54) is 11.0 Å². The molecule has 0 bridgehead atoms. The average molecular weight is 362 g/mol. The molecule has 1 aliphatic heterocycles. The smallest absolute Gasteiger partial charge is 0.294 e. The summed E-state index contributed by atoms with van der Waals surface area (Å²) >= 11 is 3.28. The minimum absolute atomic E-state index is 0.0451. The Labute approximate surface area is 135 Å². The van der Waals surface area contributed by atoms with E-state index in [1.807, 2.05) is 12.1 Å². The van der Waals surface area contributed by atoms with E-state index in [4.69, 9.17) is 0 Å². The molecule has 0 fully saturated rings. The van der Waals surface area contributed by atoms with Gasteiger partial charge in [0, 0.05) is 29.0 Å². The van der Waals surface area contributed by atoms with Crippen LogP contribution in [-0.2, 0) is 17.6 Å². The van der Waals surface area contributed by atoms with Crippen molar-refractivity contribution in [2.24, 2.45) is 0 Å². The summed E-state index contributed by atoms with van der Waals surface area (Å²) in [6.07, 6.45) is 2.37. The van der Waals surface area contributed by atoms with Crippen molar-refractivity contribution in [3.8, 4) is 0 Å². The minimum Gasteiger partial charge on any atom is -0.306 e. The maximum Gasteiger partial charge on any atom is 0.294 e. The molecule has 1 aromatic heterocycles. The molecule has 112 valence electrons. The molecule has 2 aromatic rings. The lowest BCUT2D eigenvalue weighted by Gasteiger charge is -2.17. The molecule has 0 N–H and O–H groups in total. The van der Waals surface area contributed by atoms with Gasteiger partial charge in [0.2, 0.25) is 5.91 Å². The summed E-state index contributed by atoms with van der Waals surface area (Å²) in [6.45, 7) is 0.457. The quantitative estimate of drug-likeness (QED) is 0.622. The first-order chi connectivity index (χ1) is 10.6. The molecule has 1 aromatic carbocycles. The maximum absolute atomic E-state index is 12.5. The van der Waals surface area contributed by atoms with Crippen LogP contribution in [0.5, 0.6) is 0 Å². The van der Waals surface area contributed by atoms with Crippen LogP contribution in [0.15, 0.2) is 41.0 Å². The number of carbonyl (C=O) groups excluding carboxylic acids is 1. The first kappa shape index (κ1) is 14.6. The average Bonchev–Trinajstić information content (AvgIpc) is 2.90. The molecule has 6 nitrogen and oxygen atoms in total. The number of nitro benzene ring substituents is 1. The number of amides is 1. The molecule has 0 radical (unpaired) electrons. The second kappa shape index (κ2) is 5.84. The predicted molar refractivity (Wildman–Crippen MR) is 84.8 cm³/mol. The van der Waals surface area contributed by atoms with E-state index in [1.54, 1.807) is 18.3 Å². The number of hydrogen-bond donors (Lipinski definition) is 0. The molecule has 22 heavy (non-hydrogen) atoms. The van der Waals surface area contributed by atoms with E-state index in [9.17, 15) is 14.9 Å². The lowest BCUT2D eigenvalue weighted by Crippen LogP contribution is -2.31. The predicted octanol–water partition coefficient (Wildman–Crippen LogP) is 2.88. The second-order valence-corrected chi connectivity index (χ2v) is 5.90. The van der Waals surface area contributed by atoms with E-state index >= 15 is 0 Å². The lowest BCUT2D eigenvalue weighted by molar-refractivity contribution is -0.384. The van der Waals surface area contributed by atoms with Crippen LogP contribution in [0, 0.1) is 10.1 Å². The van der Waals surface area contributed by atoms with Crippen LogP contribution >= 0.6 is 15.9 Å². The summed E-state index contributed by atoms with van der Waals surface area (Å²) in [6, 6.07) is 8.63. The van der Waals surface area contributed by atoms with Gasteiger partial charge in [-0.2, -0.15) is 0 Å². The Morgan fingerprint density at radius 3 is 2.91 bits per heavy atom. The molecule has 2 heterocycles. The minimum atomic E-state index is -0.448. The maximum atomic E-state index is 12.5. The van der Waals surface area contributed by atoms with E-state index in [0.717, 1.165) is 5.56 Å². The molecular weight excluding hydrogens is 350 g/mol. The normalized spacial score (nSPS) is 13.0. The Morgan fingerprint density at radius 1 is 1.41 bits per heavy atom. The van der Waals surface area contributed by atoms with Crippen LogP contribution in [0.25, 0.3) is 0 Å². The lowest BCUT2D eigenvalue weighted by atomic mass is 10.1. The summed E-state index contributed by atoms with van der Waals surface area (Å²) < 4.78 is 0.650. The van der Waals surface area contributed by atoms with Crippen molar-refractivity contribution in [1.29, 1.82) is 0 Å². The molecule has 0 atom stereocenters. The van der Waals surface area contributed by atoms with Crippen molar-refractivity contribution in [1.82, 2.24) is 4.98 Å². The monoisotopic (exact) mass is 361 g/mol. The Balaban J connectivity index is 1.94.